The van der Waals surface area contributed by atoms with Gasteiger partial charge < -0.3 is 15.6 Å². The molecular formula is C31H33F3N6. The summed E-state index contributed by atoms with van der Waals surface area (Å²) in [6.07, 6.45) is 0.903. The molecule has 1 fully saturated rings. The summed E-state index contributed by atoms with van der Waals surface area (Å²) in [6, 6.07) is 16.8. The molecule has 5 aromatic rings. The first kappa shape index (κ1) is 27.3. The number of nitrogens with one attached hydrogen (secondary N) is 1. The number of piperidine rings is 1. The number of hydrogen-bond acceptors (Lipinski definition) is 4. The SMILES string of the molecule is C=C(C)N1CCC(c2nc(-c3cc4ccccc4[nH]3)c3c(N)nccn23)CC1.Cc1ccc(CC(F)(F)F)cc1. The van der Waals surface area contributed by atoms with Crippen molar-refractivity contribution < 1.29 is 13.2 Å². The van der Waals surface area contributed by atoms with Crippen LogP contribution in [0, 0.1) is 6.92 Å². The number of benzene rings is 2. The molecule has 4 heterocycles. The van der Waals surface area contributed by atoms with E-state index in [0.29, 0.717) is 17.3 Å². The van der Waals surface area contributed by atoms with Crippen molar-refractivity contribution in [3.05, 3.63) is 96.2 Å². The maximum Gasteiger partial charge on any atom is 0.393 e. The number of fused-ring (bicyclic) bond motifs is 2. The molecule has 40 heavy (non-hydrogen) atoms. The highest BCUT2D eigenvalue weighted by molar-refractivity contribution is 5.91. The molecule has 0 amide bonds. The maximum atomic E-state index is 11.8. The predicted molar refractivity (Wildman–Crippen MR) is 154 cm³/mol. The number of para-hydroxylation sites is 1. The molecule has 0 bridgehead atoms. The van der Waals surface area contributed by atoms with Gasteiger partial charge in [-0.15, -0.1) is 0 Å². The van der Waals surface area contributed by atoms with E-state index in [1.165, 1.54) is 12.1 Å². The lowest BCUT2D eigenvalue weighted by Gasteiger charge is -2.33. The van der Waals surface area contributed by atoms with E-state index in [2.05, 4.69) is 51.0 Å². The third-order valence-electron chi connectivity index (χ3n) is 7.32. The fraction of sp³-hybridized carbons (Fsp3) is 0.290. The molecule has 3 aromatic heterocycles. The van der Waals surface area contributed by atoms with E-state index in [1.807, 2.05) is 25.3 Å². The zero-order valence-electron chi connectivity index (χ0n) is 22.7. The number of allylic oxidation sites excluding steroid dienone is 1. The van der Waals surface area contributed by atoms with Gasteiger partial charge in [0.2, 0.25) is 0 Å². The van der Waals surface area contributed by atoms with Gasteiger partial charge in [-0.3, -0.25) is 4.40 Å². The van der Waals surface area contributed by atoms with Crippen LogP contribution < -0.4 is 5.73 Å². The minimum atomic E-state index is -4.10. The quantitative estimate of drug-likeness (QED) is 0.249. The summed E-state index contributed by atoms with van der Waals surface area (Å²) in [4.78, 5) is 15.2. The zero-order valence-corrected chi connectivity index (χ0v) is 22.7. The Balaban J connectivity index is 0.000000227. The summed E-state index contributed by atoms with van der Waals surface area (Å²) in [7, 11) is 0. The zero-order chi connectivity index (χ0) is 28.4. The third-order valence-corrected chi connectivity index (χ3v) is 7.32. The minimum absolute atomic E-state index is 0.313. The van der Waals surface area contributed by atoms with E-state index in [4.69, 9.17) is 10.7 Å². The number of nitrogens with zero attached hydrogens (tertiary/aromatic N) is 4. The van der Waals surface area contributed by atoms with Crippen molar-refractivity contribution in [2.24, 2.45) is 0 Å². The number of hydrogen-bond donors (Lipinski definition) is 2. The van der Waals surface area contributed by atoms with Crippen LogP contribution in [0.1, 0.15) is 42.6 Å². The fourth-order valence-corrected chi connectivity index (χ4v) is 5.22. The van der Waals surface area contributed by atoms with Crippen molar-refractivity contribution in [1.29, 1.82) is 0 Å². The van der Waals surface area contributed by atoms with Crippen molar-refractivity contribution in [3.8, 4) is 11.4 Å². The van der Waals surface area contributed by atoms with Gasteiger partial charge in [0.1, 0.15) is 22.9 Å². The van der Waals surface area contributed by atoms with Crippen LogP contribution in [0.4, 0.5) is 19.0 Å². The first-order chi connectivity index (χ1) is 19.1. The van der Waals surface area contributed by atoms with Gasteiger partial charge in [0.15, 0.2) is 0 Å². The van der Waals surface area contributed by atoms with Gasteiger partial charge in [0.05, 0.1) is 12.1 Å². The lowest BCUT2D eigenvalue weighted by atomic mass is 9.96. The number of aromatic amines is 1. The minimum Gasteiger partial charge on any atom is -0.382 e. The summed E-state index contributed by atoms with van der Waals surface area (Å²) < 4.78 is 37.7. The molecule has 0 saturated carbocycles. The van der Waals surface area contributed by atoms with E-state index >= 15 is 0 Å². The Morgan fingerprint density at radius 1 is 1.10 bits per heavy atom. The molecule has 3 N–H and O–H groups in total. The predicted octanol–water partition coefficient (Wildman–Crippen LogP) is 7.27. The van der Waals surface area contributed by atoms with Gasteiger partial charge in [-0.2, -0.15) is 13.2 Å². The van der Waals surface area contributed by atoms with Gasteiger partial charge in [0.25, 0.3) is 0 Å². The second kappa shape index (κ2) is 11.1. The van der Waals surface area contributed by atoms with E-state index < -0.39 is 12.6 Å². The van der Waals surface area contributed by atoms with Gasteiger partial charge >= 0.3 is 6.18 Å². The highest BCUT2D eigenvalue weighted by Crippen LogP contribution is 2.35. The van der Waals surface area contributed by atoms with Crippen LogP contribution in [0.3, 0.4) is 0 Å². The number of likely N-dealkylation sites (tertiary alicyclic amines) is 1. The van der Waals surface area contributed by atoms with Crippen molar-refractivity contribution in [1.82, 2.24) is 24.3 Å². The van der Waals surface area contributed by atoms with Crippen molar-refractivity contribution in [2.75, 3.05) is 18.8 Å². The van der Waals surface area contributed by atoms with Crippen LogP contribution in [0.5, 0.6) is 0 Å². The monoisotopic (exact) mass is 546 g/mol. The van der Waals surface area contributed by atoms with Gasteiger partial charge in [-0.25, -0.2) is 9.97 Å². The summed E-state index contributed by atoms with van der Waals surface area (Å²) in [5, 5.41) is 1.16. The number of H-pyrrole nitrogens is 1. The summed E-state index contributed by atoms with van der Waals surface area (Å²) in [5.74, 6) is 1.97. The average Bonchev–Trinajstić information content (AvgIpc) is 3.52. The molecule has 0 aliphatic carbocycles. The molecule has 208 valence electrons. The van der Waals surface area contributed by atoms with E-state index in [9.17, 15) is 13.2 Å². The van der Waals surface area contributed by atoms with E-state index in [1.54, 1.807) is 18.3 Å². The molecular weight excluding hydrogens is 513 g/mol. The molecule has 6 nitrogen and oxygen atoms in total. The Labute approximate surface area is 231 Å². The Hall–Kier alpha value is -4.27. The second-order valence-corrected chi connectivity index (χ2v) is 10.4. The number of rotatable bonds is 4. The van der Waals surface area contributed by atoms with Crippen LogP contribution in [0.15, 0.2) is 79.3 Å². The number of alkyl halides is 3. The number of aryl methyl sites for hydroxylation is 1. The Bertz CT molecular complexity index is 1590. The standard InChI is InChI=1S/C22H24N6.C9H9F3/c1-14(2)27-10-7-15(8-11-27)22-26-19(20-21(23)24-9-12-28(20)22)18-13-16-5-3-4-6-17(16)25-18;1-7-2-4-8(5-3-7)6-9(10,11)12/h3-6,9,12-13,15,25H,1,7-8,10-11H2,2H3,(H2,23,24);2-5H,6H2,1H3. The Morgan fingerprint density at radius 3 is 2.45 bits per heavy atom. The third kappa shape index (κ3) is 5.98. The van der Waals surface area contributed by atoms with Gasteiger partial charge in [0, 0.05) is 48.0 Å². The molecule has 6 rings (SSSR count). The molecule has 9 heteroatoms. The number of imidazole rings is 1. The number of nitrogen functional groups attached to an aromatic ring is 1. The topological polar surface area (TPSA) is 75.2 Å². The average molecular weight is 547 g/mol. The highest BCUT2D eigenvalue weighted by Gasteiger charge is 2.28. The largest absolute Gasteiger partial charge is 0.393 e. The smallest absolute Gasteiger partial charge is 0.382 e. The molecule has 1 aliphatic heterocycles. The van der Waals surface area contributed by atoms with Crippen molar-refractivity contribution in [3.63, 3.8) is 0 Å². The molecule has 1 aliphatic rings. The normalized spacial score (nSPS) is 14.4. The van der Waals surface area contributed by atoms with Crippen molar-refractivity contribution >= 4 is 22.2 Å². The molecule has 0 unspecified atom stereocenters. The summed E-state index contributed by atoms with van der Waals surface area (Å²) in [6.45, 7) is 10.0. The second-order valence-electron chi connectivity index (χ2n) is 10.4. The Kier molecular flexibility index (Phi) is 7.56. The number of nitrogens with two attached hydrogens (primary N) is 1. The fourth-order valence-electron chi connectivity index (χ4n) is 5.22. The van der Waals surface area contributed by atoms with Crippen LogP contribution in [-0.4, -0.2) is 43.5 Å². The number of anilines is 1. The van der Waals surface area contributed by atoms with Gasteiger partial charge in [-0.1, -0.05) is 54.6 Å². The highest BCUT2D eigenvalue weighted by atomic mass is 19.4. The van der Waals surface area contributed by atoms with E-state index in [-0.39, 0.29) is 0 Å². The summed E-state index contributed by atoms with van der Waals surface area (Å²) >= 11 is 0. The van der Waals surface area contributed by atoms with Crippen LogP contribution >= 0.6 is 0 Å². The molecule has 0 atom stereocenters. The summed E-state index contributed by atoms with van der Waals surface area (Å²) in [5.41, 5.74) is 12.5. The van der Waals surface area contributed by atoms with Crippen molar-refractivity contribution in [2.45, 2.75) is 45.2 Å². The Morgan fingerprint density at radius 2 is 1.80 bits per heavy atom. The number of aromatic nitrogens is 4. The first-order valence-electron chi connectivity index (χ1n) is 13.3. The molecule has 0 radical (unpaired) electrons. The lowest BCUT2D eigenvalue weighted by Crippen LogP contribution is -2.31. The first-order valence-corrected chi connectivity index (χ1v) is 13.3. The lowest BCUT2D eigenvalue weighted by molar-refractivity contribution is -0.127. The molecule has 1 saturated heterocycles. The van der Waals surface area contributed by atoms with Crippen LogP contribution in [0.25, 0.3) is 27.8 Å². The van der Waals surface area contributed by atoms with Crippen LogP contribution in [-0.2, 0) is 6.42 Å². The maximum absolute atomic E-state index is 11.8. The molecule has 0 spiro atoms. The van der Waals surface area contributed by atoms with Gasteiger partial charge in [-0.05, 0) is 44.4 Å². The van der Waals surface area contributed by atoms with Crippen LogP contribution in [0.2, 0.25) is 0 Å². The molecule has 2 aromatic carbocycles. The number of halogens is 3. The van der Waals surface area contributed by atoms with E-state index in [0.717, 1.165) is 70.8 Å².